The van der Waals surface area contributed by atoms with E-state index in [1.807, 2.05) is 0 Å². The monoisotopic (exact) mass is 248 g/mol. The number of Topliss-reactive ketones (excluding diaryl/α,β-unsaturated/α-hetero) is 1. The maximum atomic E-state index is 12.6. The summed E-state index contributed by atoms with van der Waals surface area (Å²) >= 11 is 0. The summed E-state index contributed by atoms with van der Waals surface area (Å²) in [5, 5.41) is 8.80. The molecule has 3 nitrogen and oxygen atoms in total. The van der Waals surface area contributed by atoms with Crippen molar-refractivity contribution >= 4 is 11.8 Å². The number of hydrogen-bond acceptors (Lipinski definition) is 2. The van der Waals surface area contributed by atoms with Gasteiger partial charge in [-0.15, -0.1) is 0 Å². The van der Waals surface area contributed by atoms with Crippen molar-refractivity contribution in [2.45, 2.75) is 44.9 Å². The highest BCUT2D eigenvalue weighted by Crippen LogP contribution is 2.60. The molecule has 0 heterocycles. The lowest BCUT2D eigenvalue weighted by atomic mass is 9.48. The molecular weight excluding hydrogens is 228 g/mol. The van der Waals surface area contributed by atoms with E-state index in [1.165, 1.54) is 19.3 Å². The van der Waals surface area contributed by atoms with E-state index in [9.17, 15) is 9.59 Å². The predicted molar refractivity (Wildman–Crippen MR) is 67.0 cm³/mol. The number of carboxylic acid groups (broad SMARTS) is 1. The van der Waals surface area contributed by atoms with E-state index in [2.05, 4.69) is 6.58 Å². The lowest BCUT2D eigenvalue weighted by Gasteiger charge is -2.56. The van der Waals surface area contributed by atoms with Crippen LogP contribution in [0, 0.1) is 23.2 Å². The fourth-order valence-electron chi connectivity index (χ4n) is 5.03. The molecule has 0 atom stereocenters. The molecule has 0 aromatic carbocycles. The Morgan fingerprint density at radius 2 is 1.50 bits per heavy atom. The zero-order chi connectivity index (χ0) is 12.9. The third kappa shape index (κ3) is 1.80. The van der Waals surface area contributed by atoms with E-state index >= 15 is 0 Å². The molecule has 0 aromatic rings. The van der Waals surface area contributed by atoms with Crippen molar-refractivity contribution in [2.75, 3.05) is 0 Å². The second-order valence-electron chi connectivity index (χ2n) is 6.70. The van der Waals surface area contributed by atoms with E-state index in [4.69, 9.17) is 5.11 Å². The number of hydrogen-bond donors (Lipinski definition) is 1. The Labute approximate surface area is 107 Å². The van der Waals surface area contributed by atoms with Gasteiger partial charge >= 0.3 is 5.97 Å². The van der Waals surface area contributed by atoms with Crippen molar-refractivity contribution in [3.63, 3.8) is 0 Å². The summed E-state index contributed by atoms with van der Waals surface area (Å²) in [6.07, 6.45) is 6.62. The first-order valence-electron chi connectivity index (χ1n) is 6.93. The highest BCUT2D eigenvalue weighted by atomic mass is 16.4. The minimum Gasteiger partial charge on any atom is -0.481 e. The van der Waals surface area contributed by atoms with Crippen molar-refractivity contribution in [1.82, 2.24) is 0 Å². The summed E-state index contributed by atoms with van der Waals surface area (Å²) in [6.45, 7) is 3.72. The van der Waals surface area contributed by atoms with Crippen LogP contribution < -0.4 is 0 Å². The Bertz CT molecular complexity index is 386. The van der Waals surface area contributed by atoms with Crippen LogP contribution in [0.1, 0.15) is 44.9 Å². The molecule has 4 rings (SSSR count). The van der Waals surface area contributed by atoms with Crippen molar-refractivity contribution in [3.05, 3.63) is 12.2 Å². The van der Waals surface area contributed by atoms with E-state index < -0.39 is 5.97 Å². The molecule has 4 aliphatic carbocycles. The minimum atomic E-state index is -0.946. The largest absolute Gasteiger partial charge is 0.481 e. The molecule has 0 aliphatic heterocycles. The van der Waals surface area contributed by atoms with Gasteiger partial charge in [0.05, 0.1) is 6.42 Å². The predicted octanol–water partition coefficient (Wildman–Crippen LogP) is 2.80. The van der Waals surface area contributed by atoms with Gasteiger partial charge in [-0.1, -0.05) is 6.58 Å². The summed E-state index contributed by atoms with van der Waals surface area (Å²) in [5.41, 5.74) is 0.0748. The van der Waals surface area contributed by atoms with Crippen LogP contribution in [0.4, 0.5) is 0 Å². The van der Waals surface area contributed by atoms with Gasteiger partial charge in [-0.05, 0) is 61.9 Å². The lowest BCUT2D eigenvalue weighted by molar-refractivity contribution is -0.142. The minimum absolute atomic E-state index is 0.0593. The van der Waals surface area contributed by atoms with Gasteiger partial charge in [0.25, 0.3) is 0 Å². The molecule has 0 aromatic heterocycles. The van der Waals surface area contributed by atoms with E-state index in [0.29, 0.717) is 23.3 Å². The molecular formula is C15H20O3. The Kier molecular flexibility index (Phi) is 2.61. The third-order valence-electron chi connectivity index (χ3n) is 5.21. The molecule has 4 bridgehead atoms. The van der Waals surface area contributed by atoms with Gasteiger partial charge in [0.15, 0.2) is 5.78 Å². The highest BCUT2D eigenvalue weighted by molar-refractivity contribution is 6.02. The first kappa shape index (κ1) is 11.9. The Morgan fingerprint density at radius 3 is 1.89 bits per heavy atom. The van der Waals surface area contributed by atoms with Gasteiger partial charge in [-0.2, -0.15) is 0 Å². The van der Waals surface area contributed by atoms with Crippen LogP contribution in [-0.2, 0) is 9.59 Å². The molecule has 1 N–H and O–H groups in total. The average Bonchev–Trinajstić information content (AvgIpc) is 2.25. The van der Waals surface area contributed by atoms with Crippen LogP contribution in [0.3, 0.4) is 0 Å². The maximum Gasteiger partial charge on any atom is 0.307 e. The second-order valence-corrected chi connectivity index (χ2v) is 6.70. The molecule has 98 valence electrons. The molecule has 0 saturated heterocycles. The van der Waals surface area contributed by atoms with Crippen molar-refractivity contribution in [2.24, 2.45) is 23.2 Å². The molecule has 18 heavy (non-hydrogen) atoms. The Morgan fingerprint density at radius 1 is 1.06 bits per heavy atom. The summed E-state index contributed by atoms with van der Waals surface area (Å²) in [4.78, 5) is 23.3. The number of aliphatic carboxylic acids is 1. The third-order valence-corrected chi connectivity index (χ3v) is 5.21. The van der Waals surface area contributed by atoms with Crippen LogP contribution in [-0.4, -0.2) is 16.9 Å². The maximum absolute atomic E-state index is 12.6. The molecule has 0 radical (unpaired) electrons. The quantitative estimate of drug-likeness (QED) is 0.778. The number of carbonyl (C=O) groups excluding carboxylic acids is 1. The first-order chi connectivity index (χ1) is 8.48. The van der Waals surface area contributed by atoms with Gasteiger partial charge in [-0.3, -0.25) is 9.59 Å². The van der Waals surface area contributed by atoms with Crippen molar-refractivity contribution in [1.29, 1.82) is 0 Å². The van der Waals surface area contributed by atoms with Crippen LogP contribution in [0.25, 0.3) is 0 Å². The van der Waals surface area contributed by atoms with Crippen LogP contribution >= 0.6 is 0 Å². The van der Waals surface area contributed by atoms with Crippen molar-refractivity contribution < 1.29 is 14.7 Å². The fraction of sp³-hybridized carbons (Fsp3) is 0.733. The van der Waals surface area contributed by atoms with Gasteiger partial charge in [0.1, 0.15) is 0 Å². The standard InChI is InChI=1S/C15H20O3/c1-9(2-13(16)17)14(18)15-6-10-3-11(7-15)5-12(4-10)8-15/h10-12H,1-8H2,(H,16,17). The molecule has 4 fully saturated rings. The average molecular weight is 248 g/mol. The number of carbonyl (C=O) groups is 2. The molecule has 0 unspecified atom stereocenters. The fourth-order valence-corrected chi connectivity index (χ4v) is 5.03. The zero-order valence-corrected chi connectivity index (χ0v) is 10.7. The molecule has 3 heteroatoms. The molecule has 0 spiro atoms. The summed E-state index contributed by atoms with van der Waals surface area (Å²) in [7, 11) is 0. The number of rotatable bonds is 4. The second kappa shape index (κ2) is 3.94. The van der Waals surface area contributed by atoms with Gasteiger partial charge in [0.2, 0.25) is 0 Å². The molecule has 4 saturated carbocycles. The smallest absolute Gasteiger partial charge is 0.307 e. The van der Waals surface area contributed by atoms with E-state index in [-0.39, 0.29) is 17.6 Å². The highest BCUT2D eigenvalue weighted by Gasteiger charge is 2.54. The SMILES string of the molecule is C=C(CC(=O)O)C(=O)C12CC3CC(CC(C3)C1)C2. The Hall–Kier alpha value is -1.12. The first-order valence-corrected chi connectivity index (χ1v) is 6.93. The van der Waals surface area contributed by atoms with E-state index in [0.717, 1.165) is 19.3 Å². The van der Waals surface area contributed by atoms with Gasteiger partial charge < -0.3 is 5.11 Å². The van der Waals surface area contributed by atoms with Gasteiger partial charge in [0, 0.05) is 5.41 Å². The molecule has 0 amide bonds. The van der Waals surface area contributed by atoms with Crippen LogP contribution in [0.2, 0.25) is 0 Å². The number of ketones is 1. The molecule has 4 aliphatic rings. The van der Waals surface area contributed by atoms with Gasteiger partial charge in [-0.25, -0.2) is 0 Å². The topological polar surface area (TPSA) is 54.4 Å². The van der Waals surface area contributed by atoms with Crippen molar-refractivity contribution in [3.8, 4) is 0 Å². The van der Waals surface area contributed by atoms with Crippen LogP contribution in [0.15, 0.2) is 12.2 Å². The Balaban J connectivity index is 1.80. The summed E-state index contributed by atoms with van der Waals surface area (Å²) in [5.74, 6) is 1.23. The number of carboxylic acids is 1. The normalized spacial score (nSPS) is 40.8. The summed E-state index contributed by atoms with van der Waals surface area (Å²) < 4.78 is 0. The summed E-state index contributed by atoms with van der Waals surface area (Å²) in [6, 6.07) is 0. The van der Waals surface area contributed by atoms with Crippen LogP contribution in [0.5, 0.6) is 0 Å². The zero-order valence-electron chi connectivity index (χ0n) is 10.7. The van der Waals surface area contributed by atoms with E-state index in [1.54, 1.807) is 0 Å². The lowest BCUT2D eigenvalue weighted by Crippen LogP contribution is -2.50.